The van der Waals surface area contributed by atoms with Gasteiger partial charge in [-0.3, -0.25) is 14.6 Å². The van der Waals surface area contributed by atoms with Crippen LogP contribution in [0.3, 0.4) is 0 Å². The number of halogens is 1. The number of carbonyl (C=O) groups is 2. The molecule has 7 nitrogen and oxygen atoms in total. The van der Waals surface area contributed by atoms with E-state index in [1.54, 1.807) is 4.90 Å². The van der Waals surface area contributed by atoms with Crippen molar-refractivity contribution in [2.75, 3.05) is 44.7 Å². The summed E-state index contributed by atoms with van der Waals surface area (Å²) in [4.78, 5) is 32.2. The highest BCUT2D eigenvalue weighted by Gasteiger charge is 2.29. The lowest BCUT2D eigenvalue weighted by Gasteiger charge is -2.38. The number of hydrogen-bond acceptors (Lipinski definition) is 4. The molecule has 2 aliphatic heterocycles. The van der Waals surface area contributed by atoms with Crippen molar-refractivity contribution in [1.29, 1.82) is 0 Å². The predicted octanol–water partition coefficient (Wildman–Crippen LogP) is 3.88. The van der Waals surface area contributed by atoms with Crippen molar-refractivity contribution in [3.8, 4) is 0 Å². The molecule has 35 heavy (non-hydrogen) atoms. The van der Waals surface area contributed by atoms with Crippen LogP contribution in [0.15, 0.2) is 48.5 Å². The molecule has 2 aliphatic rings. The van der Waals surface area contributed by atoms with Gasteiger partial charge in [0.15, 0.2) is 0 Å². The minimum Gasteiger partial charge on any atom is -0.465 e. The van der Waals surface area contributed by atoms with Crippen LogP contribution in [0.2, 0.25) is 0 Å². The van der Waals surface area contributed by atoms with E-state index in [-0.39, 0.29) is 23.7 Å². The summed E-state index contributed by atoms with van der Waals surface area (Å²) >= 11 is 0. The third-order valence-corrected chi connectivity index (χ3v) is 7.27. The molecule has 2 saturated heterocycles. The van der Waals surface area contributed by atoms with Gasteiger partial charge in [0.1, 0.15) is 5.82 Å². The zero-order chi connectivity index (χ0) is 24.9. The van der Waals surface area contributed by atoms with Gasteiger partial charge in [0.25, 0.3) is 0 Å². The van der Waals surface area contributed by atoms with Crippen molar-refractivity contribution in [2.24, 2.45) is 5.92 Å². The highest BCUT2D eigenvalue weighted by molar-refractivity contribution is 5.94. The summed E-state index contributed by atoms with van der Waals surface area (Å²) in [6, 6.07) is 14.7. The molecule has 188 valence electrons. The highest BCUT2D eigenvalue weighted by atomic mass is 19.1. The Kier molecular flexibility index (Phi) is 8.03. The Labute approximate surface area is 206 Å². The van der Waals surface area contributed by atoms with Gasteiger partial charge in [0.05, 0.1) is 0 Å². The largest absolute Gasteiger partial charge is 0.465 e. The van der Waals surface area contributed by atoms with Crippen LogP contribution in [0.5, 0.6) is 0 Å². The number of nitrogens with zero attached hydrogens (tertiary/aromatic N) is 4. The molecule has 1 atom stereocenters. The van der Waals surface area contributed by atoms with Gasteiger partial charge in [-0.15, -0.1) is 0 Å². The van der Waals surface area contributed by atoms with E-state index in [1.807, 2.05) is 38.2 Å². The molecule has 2 heterocycles. The average Bonchev–Trinajstić information content (AvgIpc) is 2.85. The number of likely N-dealkylation sites (tertiary alicyclic amines) is 1. The molecular formula is C27H35FN4O3. The maximum atomic E-state index is 13.1. The number of benzene rings is 2. The zero-order valence-electron chi connectivity index (χ0n) is 20.6. The van der Waals surface area contributed by atoms with Crippen LogP contribution >= 0.6 is 0 Å². The maximum absolute atomic E-state index is 13.1. The van der Waals surface area contributed by atoms with Gasteiger partial charge in [0.2, 0.25) is 5.91 Å². The second-order valence-electron chi connectivity index (χ2n) is 9.80. The van der Waals surface area contributed by atoms with E-state index in [1.165, 1.54) is 17.0 Å². The predicted molar refractivity (Wildman–Crippen MR) is 134 cm³/mol. The molecule has 8 heteroatoms. The molecule has 0 radical (unpaired) electrons. The molecule has 0 aliphatic carbocycles. The first-order valence-corrected chi connectivity index (χ1v) is 12.4. The Morgan fingerprint density at radius 1 is 0.914 bits per heavy atom. The van der Waals surface area contributed by atoms with Gasteiger partial charge in [-0.25, -0.2) is 9.18 Å². The SMILES string of the molecule is C[C@H]1CN(Cc2ccc(N(C)C(=O)C3CCN(Cc4ccc(F)cc4)CC3)cc2)CCN1C(=O)O. The van der Waals surface area contributed by atoms with E-state index in [0.717, 1.165) is 62.4 Å². The molecule has 2 amide bonds. The van der Waals surface area contributed by atoms with Crippen LogP contribution in [-0.2, 0) is 17.9 Å². The molecule has 2 aromatic rings. The Hall–Kier alpha value is -2.97. The van der Waals surface area contributed by atoms with Crippen LogP contribution in [0.25, 0.3) is 0 Å². The van der Waals surface area contributed by atoms with Crippen molar-refractivity contribution in [3.05, 3.63) is 65.5 Å². The monoisotopic (exact) mass is 482 g/mol. The standard InChI is InChI=1S/C27H35FN4O3/c1-20-17-31(15-16-32(20)27(34)35)19-22-5-9-25(10-6-22)29(2)26(33)23-11-13-30(14-12-23)18-21-3-7-24(28)8-4-21/h3-10,20,23H,11-19H2,1-2H3,(H,34,35)/t20-/m0/s1. The summed E-state index contributed by atoms with van der Waals surface area (Å²) in [6.45, 7) is 7.15. The Morgan fingerprint density at radius 2 is 1.49 bits per heavy atom. The second kappa shape index (κ2) is 11.2. The molecule has 1 N–H and O–H groups in total. The van der Waals surface area contributed by atoms with Gasteiger partial charge >= 0.3 is 6.09 Å². The number of carboxylic acid groups (broad SMARTS) is 1. The number of hydrogen-bond donors (Lipinski definition) is 1. The lowest BCUT2D eigenvalue weighted by atomic mass is 9.94. The molecule has 2 fully saturated rings. The number of carbonyl (C=O) groups excluding carboxylic acids is 1. The smallest absolute Gasteiger partial charge is 0.407 e. The van der Waals surface area contributed by atoms with Crippen LogP contribution in [0.4, 0.5) is 14.9 Å². The van der Waals surface area contributed by atoms with E-state index in [0.29, 0.717) is 13.1 Å². The lowest BCUT2D eigenvalue weighted by Crippen LogP contribution is -2.53. The molecule has 2 aromatic carbocycles. The summed E-state index contributed by atoms with van der Waals surface area (Å²) in [5.74, 6) is -0.0590. The molecule has 0 unspecified atom stereocenters. The molecule has 0 saturated carbocycles. The van der Waals surface area contributed by atoms with Crippen molar-refractivity contribution in [1.82, 2.24) is 14.7 Å². The first-order valence-electron chi connectivity index (χ1n) is 12.4. The molecular weight excluding hydrogens is 447 g/mol. The molecule has 0 aromatic heterocycles. The Bertz CT molecular complexity index is 1010. The number of amides is 2. The van der Waals surface area contributed by atoms with Gasteiger partial charge in [-0.05, 0) is 68.2 Å². The normalized spacial score (nSPS) is 20.1. The van der Waals surface area contributed by atoms with Crippen molar-refractivity contribution < 1.29 is 19.1 Å². The van der Waals surface area contributed by atoms with E-state index < -0.39 is 6.09 Å². The topological polar surface area (TPSA) is 67.3 Å². The first-order chi connectivity index (χ1) is 16.8. The summed E-state index contributed by atoms with van der Waals surface area (Å²) in [6.07, 6.45) is 0.791. The maximum Gasteiger partial charge on any atom is 0.407 e. The summed E-state index contributed by atoms with van der Waals surface area (Å²) < 4.78 is 13.1. The molecule has 0 spiro atoms. The average molecular weight is 483 g/mol. The van der Waals surface area contributed by atoms with Crippen LogP contribution in [0.1, 0.15) is 30.9 Å². The Balaban J connectivity index is 1.25. The minimum absolute atomic E-state index is 0.0103. The van der Waals surface area contributed by atoms with Crippen LogP contribution < -0.4 is 4.90 Å². The second-order valence-corrected chi connectivity index (χ2v) is 9.80. The molecule has 4 rings (SSSR count). The van der Waals surface area contributed by atoms with Gasteiger partial charge in [-0.1, -0.05) is 24.3 Å². The van der Waals surface area contributed by atoms with E-state index in [9.17, 15) is 19.1 Å². The number of anilines is 1. The van der Waals surface area contributed by atoms with Crippen molar-refractivity contribution in [2.45, 2.75) is 38.9 Å². The fourth-order valence-corrected chi connectivity index (χ4v) is 5.13. The van der Waals surface area contributed by atoms with Crippen molar-refractivity contribution >= 4 is 17.7 Å². The zero-order valence-corrected chi connectivity index (χ0v) is 20.6. The highest BCUT2D eigenvalue weighted by Crippen LogP contribution is 2.24. The van der Waals surface area contributed by atoms with Gasteiger partial charge < -0.3 is 14.9 Å². The fourth-order valence-electron chi connectivity index (χ4n) is 5.13. The van der Waals surface area contributed by atoms with Gasteiger partial charge in [-0.2, -0.15) is 0 Å². The van der Waals surface area contributed by atoms with E-state index >= 15 is 0 Å². The van der Waals surface area contributed by atoms with Crippen LogP contribution in [0, 0.1) is 11.7 Å². The third-order valence-electron chi connectivity index (χ3n) is 7.27. The van der Waals surface area contributed by atoms with Crippen molar-refractivity contribution in [3.63, 3.8) is 0 Å². The quantitative estimate of drug-likeness (QED) is 0.677. The number of piperazine rings is 1. The third kappa shape index (κ3) is 6.38. The summed E-state index contributed by atoms with van der Waals surface area (Å²) in [5, 5.41) is 9.25. The van der Waals surface area contributed by atoms with Crippen LogP contribution in [-0.4, -0.2) is 77.6 Å². The van der Waals surface area contributed by atoms with E-state index in [2.05, 4.69) is 21.9 Å². The summed E-state index contributed by atoms with van der Waals surface area (Å²) in [5.41, 5.74) is 3.13. The molecule has 0 bridgehead atoms. The first kappa shape index (κ1) is 25.1. The minimum atomic E-state index is -0.854. The summed E-state index contributed by atoms with van der Waals surface area (Å²) in [7, 11) is 1.84. The fraction of sp³-hybridized carbons (Fsp3) is 0.481. The number of rotatable bonds is 6. The van der Waals surface area contributed by atoms with E-state index in [4.69, 9.17) is 0 Å². The lowest BCUT2D eigenvalue weighted by molar-refractivity contribution is -0.123. The number of piperidine rings is 1. The van der Waals surface area contributed by atoms with Gasteiger partial charge in [0, 0.05) is 57.4 Å². The Morgan fingerprint density at radius 3 is 2.06 bits per heavy atom.